The second-order valence-electron chi connectivity index (χ2n) is 6.39. The molecule has 1 saturated heterocycles. The van der Waals surface area contributed by atoms with E-state index in [-0.39, 0.29) is 0 Å². The van der Waals surface area contributed by atoms with Gasteiger partial charge in [0.15, 0.2) is 0 Å². The Bertz CT molecular complexity index is 930. The predicted octanol–water partition coefficient (Wildman–Crippen LogP) is 1.01. The van der Waals surface area contributed by atoms with Gasteiger partial charge in [-0.05, 0) is 0 Å². The van der Waals surface area contributed by atoms with E-state index in [1.807, 2.05) is 13.2 Å². The first kappa shape index (κ1) is 18.0. The van der Waals surface area contributed by atoms with Crippen LogP contribution in [0.4, 0.5) is 11.8 Å². The zero-order valence-corrected chi connectivity index (χ0v) is 16.1. The average molecular weight is 382 g/mol. The van der Waals surface area contributed by atoms with E-state index in [2.05, 4.69) is 29.9 Å². The fourth-order valence-corrected chi connectivity index (χ4v) is 3.08. The fourth-order valence-electron chi connectivity index (χ4n) is 3.08. The molecule has 4 heterocycles. The maximum atomic E-state index is 5.24. The molecule has 146 valence electrons. The summed E-state index contributed by atoms with van der Waals surface area (Å²) < 4.78 is 12.2. The van der Waals surface area contributed by atoms with E-state index >= 15 is 0 Å². The maximum Gasteiger partial charge on any atom is 0.232 e. The first-order valence-corrected chi connectivity index (χ1v) is 8.94. The third kappa shape index (κ3) is 3.66. The largest absolute Gasteiger partial charge is 0.481 e. The van der Waals surface area contributed by atoms with E-state index in [1.54, 1.807) is 43.6 Å². The van der Waals surface area contributed by atoms with Gasteiger partial charge in [0.05, 0.1) is 44.6 Å². The number of hydrogen-bond acceptors (Lipinski definition) is 9. The van der Waals surface area contributed by atoms with Crippen molar-refractivity contribution in [1.29, 1.82) is 0 Å². The highest BCUT2D eigenvalue weighted by atomic mass is 16.5. The van der Waals surface area contributed by atoms with Crippen LogP contribution in [-0.4, -0.2) is 70.1 Å². The number of ether oxygens (including phenoxy) is 2. The summed E-state index contributed by atoms with van der Waals surface area (Å²) in [6.45, 7) is 3.09. The van der Waals surface area contributed by atoms with Gasteiger partial charge in [-0.25, -0.2) is 4.98 Å². The van der Waals surface area contributed by atoms with Gasteiger partial charge in [-0.15, -0.1) is 0 Å². The molecule has 10 heteroatoms. The Kier molecular flexibility index (Phi) is 4.92. The molecule has 1 aliphatic heterocycles. The number of methoxy groups -OCH3 is 2. The van der Waals surface area contributed by atoms with Crippen LogP contribution in [0.2, 0.25) is 0 Å². The lowest BCUT2D eigenvalue weighted by atomic mass is 10.2. The average Bonchev–Trinajstić information content (AvgIpc) is 3.20. The molecule has 0 bridgehead atoms. The lowest BCUT2D eigenvalue weighted by molar-refractivity contribution is 0.371. The Balaban J connectivity index is 1.47. The van der Waals surface area contributed by atoms with E-state index in [9.17, 15) is 0 Å². The Labute approximate surface area is 162 Å². The highest BCUT2D eigenvalue weighted by Gasteiger charge is 2.22. The molecule has 1 fully saturated rings. The lowest BCUT2D eigenvalue weighted by Crippen LogP contribution is -2.47. The summed E-state index contributed by atoms with van der Waals surface area (Å²) in [4.78, 5) is 22.3. The van der Waals surface area contributed by atoms with Crippen molar-refractivity contribution >= 4 is 11.8 Å². The van der Waals surface area contributed by atoms with Crippen molar-refractivity contribution in [1.82, 2.24) is 29.7 Å². The van der Waals surface area contributed by atoms with Crippen molar-refractivity contribution in [3.05, 3.63) is 30.9 Å². The number of piperazine rings is 1. The highest BCUT2D eigenvalue weighted by molar-refractivity contribution is 5.58. The molecule has 3 aromatic heterocycles. The van der Waals surface area contributed by atoms with Crippen LogP contribution in [0, 0.1) is 0 Å². The third-order valence-corrected chi connectivity index (χ3v) is 4.59. The summed E-state index contributed by atoms with van der Waals surface area (Å²) in [6, 6.07) is 1.67. The van der Waals surface area contributed by atoms with Gasteiger partial charge in [-0.1, -0.05) is 0 Å². The molecule has 0 aromatic carbocycles. The number of hydrogen-bond donors (Lipinski definition) is 0. The topological polar surface area (TPSA) is 94.3 Å². The molecule has 1 aliphatic rings. The van der Waals surface area contributed by atoms with Crippen molar-refractivity contribution in [3.63, 3.8) is 0 Å². The van der Waals surface area contributed by atoms with Gasteiger partial charge < -0.3 is 19.3 Å². The molecule has 0 aliphatic carbocycles. The van der Waals surface area contributed by atoms with Crippen LogP contribution in [0.1, 0.15) is 0 Å². The van der Waals surface area contributed by atoms with Crippen molar-refractivity contribution in [2.24, 2.45) is 7.05 Å². The van der Waals surface area contributed by atoms with Gasteiger partial charge in [-0.3, -0.25) is 9.67 Å². The van der Waals surface area contributed by atoms with Gasteiger partial charge in [0.25, 0.3) is 0 Å². The minimum Gasteiger partial charge on any atom is -0.481 e. The Hall–Kier alpha value is -3.43. The van der Waals surface area contributed by atoms with Crippen LogP contribution in [0.15, 0.2) is 30.9 Å². The molecule has 0 N–H and O–H groups in total. The van der Waals surface area contributed by atoms with Crippen LogP contribution in [0.3, 0.4) is 0 Å². The zero-order valence-electron chi connectivity index (χ0n) is 16.1. The molecule has 0 spiro atoms. The molecular weight excluding hydrogens is 360 g/mol. The number of aromatic nitrogens is 6. The first-order chi connectivity index (χ1) is 13.7. The van der Waals surface area contributed by atoms with Crippen molar-refractivity contribution in [2.75, 3.05) is 50.2 Å². The van der Waals surface area contributed by atoms with Gasteiger partial charge >= 0.3 is 0 Å². The van der Waals surface area contributed by atoms with E-state index in [4.69, 9.17) is 14.5 Å². The normalized spacial score (nSPS) is 14.2. The Morgan fingerprint density at radius 1 is 0.857 bits per heavy atom. The third-order valence-electron chi connectivity index (χ3n) is 4.59. The molecule has 28 heavy (non-hydrogen) atoms. The zero-order chi connectivity index (χ0) is 19.5. The van der Waals surface area contributed by atoms with Crippen molar-refractivity contribution in [2.45, 2.75) is 0 Å². The molecule has 0 radical (unpaired) electrons. The summed E-state index contributed by atoms with van der Waals surface area (Å²) in [6.07, 6.45) is 7.27. The molecule has 0 amide bonds. The summed E-state index contributed by atoms with van der Waals surface area (Å²) in [5.74, 6) is 2.43. The van der Waals surface area contributed by atoms with Crippen molar-refractivity contribution < 1.29 is 9.47 Å². The van der Waals surface area contributed by atoms with Crippen LogP contribution < -0.4 is 19.3 Å². The van der Waals surface area contributed by atoms with Crippen LogP contribution in [0.5, 0.6) is 11.8 Å². The van der Waals surface area contributed by atoms with Crippen LogP contribution in [0.25, 0.3) is 11.3 Å². The van der Waals surface area contributed by atoms with E-state index in [0.29, 0.717) is 17.7 Å². The van der Waals surface area contributed by atoms with E-state index in [0.717, 1.165) is 43.3 Å². The smallest absolute Gasteiger partial charge is 0.232 e. The first-order valence-electron chi connectivity index (χ1n) is 8.94. The van der Waals surface area contributed by atoms with E-state index < -0.39 is 0 Å². The molecule has 10 nitrogen and oxygen atoms in total. The van der Waals surface area contributed by atoms with E-state index in [1.165, 1.54) is 0 Å². The monoisotopic (exact) mass is 382 g/mol. The van der Waals surface area contributed by atoms with Gasteiger partial charge in [-0.2, -0.15) is 15.1 Å². The predicted molar refractivity (Wildman–Crippen MR) is 104 cm³/mol. The van der Waals surface area contributed by atoms with Crippen LogP contribution in [-0.2, 0) is 7.05 Å². The molecule has 0 unspecified atom stereocenters. The quantitative estimate of drug-likeness (QED) is 0.641. The molecule has 0 saturated carbocycles. The molecule has 4 rings (SSSR count). The summed E-state index contributed by atoms with van der Waals surface area (Å²) >= 11 is 0. The van der Waals surface area contributed by atoms with Gasteiger partial charge in [0.2, 0.25) is 17.7 Å². The number of rotatable bonds is 5. The lowest BCUT2D eigenvalue weighted by Gasteiger charge is -2.35. The minimum atomic E-state index is 0.485. The van der Waals surface area contributed by atoms with Gasteiger partial charge in [0, 0.05) is 45.0 Å². The summed E-state index contributed by atoms with van der Waals surface area (Å²) in [5.41, 5.74) is 1.77. The second-order valence-corrected chi connectivity index (χ2v) is 6.39. The highest BCUT2D eigenvalue weighted by Crippen LogP contribution is 2.23. The van der Waals surface area contributed by atoms with Gasteiger partial charge in [0.1, 0.15) is 5.82 Å². The minimum absolute atomic E-state index is 0.485. The molecule has 3 aromatic rings. The molecular formula is C18H22N8O2. The standard InChI is InChI=1S/C18H22N8O2/c1-24-12-13(9-20-24)14-10-19-11-15(21-14)25-4-6-26(7-5-25)18-22-16(27-2)8-17(23-18)28-3/h8-12H,4-7H2,1-3H3. The molecule has 0 atom stereocenters. The van der Waals surface area contributed by atoms with Crippen LogP contribution >= 0.6 is 0 Å². The summed E-state index contributed by atoms with van der Waals surface area (Å²) in [7, 11) is 5.05. The van der Waals surface area contributed by atoms with Crippen molar-refractivity contribution in [3.8, 4) is 23.0 Å². The second kappa shape index (κ2) is 7.67. The Morgan fingerprint density at radius 2 is 1.54 bits per heavy atom. The fraction of sp³-hybridized carbons (Fsp3) is 0.389. The Morgan fingerprint density at radius 3 is 2.14 bits per heavy atom. The number of aryl methyl sites for hydroxylation is 1. The SMILES string of the molecule is COc1cc(OC)nc(N2CCN(c3cncc(-c4cnn(C)c4)n3)CC2)n1. The number of anilines is 2. The summed E-state index contributed by atoms with van der Waals surface area (Å²) in [5, 5.41) is 4.20. The maximum absolute atomic E-state index is 5.24. The number of nitrogens with zero attached hydrogens (tertiary/aromatic N) is 8.